The lowest BCUT2D eigenvalue weighted by Crippen LogP contribution is -2.58. The number of H-pyrrole nitrogens is 2. The molecule has 2 N–H and O–H groups in total. The van der Waals surface area contributed by atoms with Crippen LogP contribution in [-0.2, 0) is 12.8 Å². The molecular weight excluding hydrogens is 516 g/mol. The van der Waals surface area contributed by atoms with Gasteiger partial charge in [-0.15, -0.1) is 0 Å². The Morgan fingerprint density at radius 1 is 0.500 bits per heavy atom. The van der Waals surface area contributed by atoms with E-state index < -0.39 is 0 Å². The highest BCUT2D eigenvalue weighted by atomic mass is 15.4. The van der Waals surface area contributed by atoms with Crippen molar-refractivity contribution in [3.8, 4) is 0 Å². The fourth-order valence-electron chi connectivity index (χ4n) is 9.80. The van der Waals surface area contributed by atoms with Gasteiger partial charge < -0.3 is 9.97 Å². The maximum Gasteiger partial charge on any atom is 0.0628 e. The number of piperidine rings is 2. The van der Waals surface area contributed by atoms with E-state index in [2.05, 4.69) is 78.1 Å². The van der Waals surface area contributed by atoms with Crippen LogP contribution < -0.4 is 0 Å². The molecule has 2 aromatic carbocycles. The Balaban J connectivity index is 0.000000119. The first kappa shape index (κ1) is 25.8. The molecule has 220 valence electrons. The van der Waals surface area contributed by atoms with Crippen LogP contribution in [-0.4, -0.2) is 81.2 Å². The summed E-state index contributed by atoms with van der Waals surface area (Å²) in [5.41, 5.74) is 8.89. The van der Waals surface area contributed by atoms with Crippen LogP contribution in [0.3, 0.4) is 0 Å². The molecule has 4 aromatic rings. The molecule has 0 bridgehead atoms. The Hall–Kier alpha value is -2.64. The molecule has 4 atom stereocenters. The normalized spacial score (nSPS) is 29.9. The first-order chi connectivity index (χ1) is 20.8. The van der Waals surface area contributed by atoms with Crippen LogP contribution >= 0.6 is 0 Å². The lowest BCUT2D eigenvalue weighted by molar-refractivity contribution is -0.0600. The fourth-order valence-corrected chi connectivity index (χ4v) is 9.80. The third kappa shape index (κ3) is 4.13. The molecule has 6 aliphatic heterocycles. The molecule has 0 spiro atoms. The summed E-state index contributed by atoms with van der Waals surface area (Å²) in [5.74, 6) is 0. The van der Waals surface area contributed by atoms with Crippen LogP contribution in [0.15, 0.2) is 48.5 Å². The molecule has 6 heteroatoms. The number of benzene rings is 2. The molecule has 6 nitrogen and oxygen atoms in total. The summed E-state index contributed by atoms with van der Waals surface area (Å²) in [5, 5.41) is 2.91. The summed E-state index contributed by atoms with van der Waals surface area (Å²) >= 11 is 0. The Kier molecular flexibility index (Phi) is 6.46. The van der Waals surface area contributed by atoms with Gasteiger partial charge in [0.25, 0.3) is 0 Å². The van der Waals surface area contributed by atoms with Gasteiger partial charge in [-0.2, -0.15) is 0 Å². The summed E-state index contributed by atoms with van der Waals surface area (Å²) in [4.78, 5) is 18.5. The number of para-hydroxylation sites is 2. The average molecular weight is 563 g/mol. The van der Waals surface area contributed by atoms with E-state index in [-0.39, 0.29) is 0 Å². The van der Waals surface area contributed by atoms with E-state index in [0.29, 0.717) is 24.4 Å². The van der Waals surface area contributed by atoms with Crippen molar-refractivity contribution in [1.82, 2.24) is 29.6 Å². The zero-order valence-electron chi connectivity index (χ0n) is 25.0. The van der Waals surface area contributed by atoms with E-state index in [4.69, 9.17) is 0 Å². The van der Waals surface area contributed by atoms with E-state index in [1.165, 1.54) is 137 Å². The highest BCUT2D eigenvalue weighted by Gasteiger charge is 2.42. The maximum atomic E-state index is 3.75. The number of aromatic nitrogens is 2. The Morgan fingerprint density at radius 2 is 0.976 bits per heavy atom. The number of fused-ring (bicyclic) bond motifs is 14. The lowest BCUT2D eigenvalue weighted by atomic mass is 9.90. The van der Waals surface area contributed by atoms with Crippen molar-refractivity contribution < 1.29 is 0 Å². The number of nitrogens with one attached hydrogen (secondary N) is 2. The SMILES string of the molecule is c1ccc2c3c([nH]c2c1)[C@@H]1CCN2CCCC[C@@H]2N1CC3.c1ccc2c3c([nH]c2c1)[C@H]1CCN2CCCC[C@H]2N1CC3. The molecule has 0 saturated carbocycles. The summed E-state index contributed by atoms with van der Waals surface area (Å²) in [7, 11) is 0. The van der Waals surface area contributed by atoms with E-state index in [9.17, 15) is 0 Å². The molecule has 2 aromatic heterocycles. The molecule has 6 aliphatic rings. The van der Waals surface area contributed by atoms with Gasteiger partial charge in [-0.1, -0.05) is 36.4 Å². The summed E-state index contributed by atoms with van der Waals surface area (Å²) < 4.78 is 0. The van der Waals surface area contributed by atoms with Gasteiger partial charge in [-0.05, 0) is 101 Å². The zero-order chi connectivity index (χ0) is 27.6. The molecular formula is C36H46N6. The van der Waals surface area contributed by atoms with Gasteiger partial charge in [0, 0.05) is 59.4 Å². The lowest BCUT2D eigenvalue weighted by Gasteiger charge is -2.52. The second-order valence-electron chi connectivity index (χ2n) is 13.7. The van der Waals surface area contributed by atoms with Crippen molar-refractivity contribution in [2.24, 2.45) is 0 Å². The van der Waals surface area contributed by atoms with Gasteiger partial charge in [0.1, 0.15) is 0 Å². The molecule has 0 amide bonds. The van der Waals surface area contributed by atoms with Gasteiger partial charge >= 0.3 is 0 Å². The predicted molar refractivity (Wildman–Crippen MR) is 171 cm³/mol. The van der Waals surface area contributed by atoms with Crippen LogP contribution in [0, 0.1) is 0 Å². The van der Waals surface area contributed by atoms with E-state index >= 15 is 0 Å². The number of hydrogen-bond donors (Lipinski definition) is 2. The number of rotatable bonds is 0. The first-order valence-electron chi connectivity index (χ1n) is 17.0. The largest absolute Gasteiger partial charge is 0.357 e. The third-order valence-electron chi connectivity index (χ3n) is 11.7. The fraction of sp³-hybridized carbons (Fsp3) is 0.556. The minimum absolute atomic E-state index is 0.625. The topological polar surface area (TPSA) is 44.5 Å². The molecule has 10 rings (SSSR count). The van der Waals surface area contributed by atoms with Crippen molar-refractivity contribution in [2.45, 2.75) is 88.6 Å². The second-order valence-corrected chi connectivity index (χ2v) is 13.7. The van der Waals surface area contributed by atoms with Gasteiger partial charge in [-0.3, -0.25) is 19.6 Å². The van der Waals surface area contributed by atoms with Crippen molar-refractivity contribution in [2.75, 3.05) is 39.3 Å². The van der Waals surface area contributed by atoms with Crippen LogP contribution in [0.25, 0.3) is 21.8 Å². The molecule has 4 saturated heterocycles. The van der Waals surface area contributed by atoms with Crippen molar-refractivity contribution >= 4 is 21.8 Å². The van der Waals surface area contributed by atoms with Gasteiger partial charge in [0.15, 0.2) is 0 Å². The van der Waals surface area contributed by atoms with Crippen molar-refractivity contribution in [3.63, 3.8) is 0 Å². The summed E-state index contributed by atoms with van der Waals surface area (Å²) in [6.45, 7) is 7.66. The van der Waals surface area contributed by atoms with Gasteiger partial charge in [-0.25, -0.2) is 0 Å². The number of nitrogens with zero attached hydrogens (tertiary/aromatic N) is 4. The van der Waals surface area contributed by atoms with Crippen LogP contribution in [0.2, 0.25) is 0 Å². The van der Waals surface area contributed by atoms with E-state index in [0.717, 1.165) is 0 Å². The van der Waals surface area contributed by atoms with Gasteiger partial charge in [0.05, 0.1) is 24.4 Å². The van der Waals surface area contributed by atoms with E-state index in [1.54, 1.807) is 11.1 Å². The van der Waals surface area contributed by atoms with Crippen LogP contribution in [0.1, 0.15) is 86.0 Å². The quantitative estimate of drug-likeness (QED) is 0.255. The standard InChI is InChI=1S/2C18H23N3/c2*1-2-6-15-13(5-1)14-8-12-21-16(18(14)19-15)9-11-20-10-4-3-7-17(20)21/h2*1-2,5-6,16-17,19H,3-4,7-12H2/t2*16-,17-/m10/s1. The predicted octanol–water partition coefficient (Wildman–Crippen LogP) is 6.57. The summed E-state index contributed by atoms with van der Waals surface area (Å²) in [6.07, 6.45) is 14.7. The minimum Gasteiger partial charge on any atom is -0.357 e. The number of aromatic amines is 2. The number of hydrogen-bond acceptors (Lipinski definition) is 4. The molecule has 8 heterocycles. The highest BCUT2D eigenvalue weighted by molar-refractivity contribution is 5.86. The van der Waals surface area contributed by atoms with Crippen LogP contribution in [0.5, 0.6) is 0 Å². The minimum atomic E-state index is 0.625. The summed E-state index contributed by atoms with van der Waals surface area (Å²) in [6, 6.07) is 18.9. The average Bonchev–Trinajstić information content (AvgIpc) is 3.64. The second kappa shape index (κ2) is 10.5. The molecule has 0 unspecified atom stereocenters. The molecule has 0 radical (unpaired) electrons. The molecule has 42 heavy (non-hydrogen) atoms. The Labute approximate surface area is 250 Å². The van der Waals surface area contributed by atoms with Gasteiger partial charge in [0.2, 0.25) is 0 Å². The molecule has 4 fully saturated rings. The smallest absolute Gasteiger partial charge is 0.0628 e. The van der Waals surface area contributed by atoms with E-state index in [1.807, 2.05) is 0 Å². The Morgan fingerprint density at radius 3 is 1.48 bits per heavy atom. The Bertz CT molecular complexity index is 1470. The van der Waals surface area contributed by atoms with Crippen LogP contribution in [0.4, 0.5) is 0 Å². The highest BCUT2D eigenvalue weighted by Crippen LogP contribution is 2.43. The van der Waals surface area contributed by atoms with Crippen molar-refractivity contribution in [1.29, 1.82) is 0 Å². The first-order valence-corrected chi connectivity index (χ1v) is 17.0. The monoisotopic (exact) mass is 562 g/mol. The van der Waals surface area contributed by atoms with Crippen molar-refractivity contribution in [3.05, 3.63) is 71.0 Å². The third-order valence-corrected chi connectivity index (χ3v) is 11.7. The zero-order valence-corrected chi connectivity index (χ0v) is 25.0. The maximum absolute atomic E-state index is 3.75. The molecule has 0 aliphatic carbocycles.